The number of hydrazone groups is 1. The van der Waals surface area contributed by atoms with Crippen molar-refractivity contribution in [2.75, 3.05) is 44.6 Å². The van der Waals surface area contributed by atoms with Crippen LogP contribution in [0.5, 0.6) is 11.5 Å². The number of anilines is 1. The number of rotatable bonds is 13. The third-order valence-electron chi connectivity index (χ3n) is 6.16. The van der Waals surface area contributed by atoms with E-state index in [0.29, 0.717) is 24.6 Å². The zero-order chi connectivity index (χ0) is 30.5. The highest BCUT2D eigenvalue weighted by Gasteiger charge is 2.41. The molecule has 1 amide bonds. The SMILES string of the molecule is CCN(CC)CCS(=O)(=O)c1cc(OC)c(N=NC2C(=O)N(c3ccc(S(=O)(=O)O)cc3)N=C2C(=O)O)cc1OC. The Morgan fingerprint density at radius 2 is 1.66 bits per heavy atom. The molecule has 2 aromatic carbocycles. The van der Waals surface area contributed by atoms with E-state index in [4.69, 9.17) is 14.0 Å². The Morgan fingerprint density at radius 1 is 1.05 bits per heavy atom. The lowest BCUT2D eigenvalue weighted by Gasteiger charge is -2.18. The van der Waals surface area contributed by atoms with Gasteiger partial charge < -0.3 is 19.5 Å². The Bertz CT molecular complexity index is 1590. The van der Waals surface area contributed by atoms with Crippen molar-refractivity contribution in [3.05, 3.63) is 36.4 Å². The Balaban J connectivity index is 1.95. The fourth-order valence-electron chi connectivity index (χ4n) is 3.85. The predicted octanol–water partition coefficient (Wildman–Crippen LogP) is 2.01. The number of amides is 1. The molecule has 0 saturated heterocycles. The van der Waals surface area contributed by atoms with Gasteiger partial charge in [0, 0.05) is 18.7 Å². The molecule has 1 unspecified atom stereocenters. The fraction of sp³-hybridized carbons (Fsp3) is 0.375. The minimum atomic E-state index is -4.49. The molecule has 0 saturated carbocycles. The smallest absolute Gasteiger partial charge is 0.355 e. The van der Waals surface area contributed by atoms with E-state index in [-0.39, 0.29) is 33.5 Å². The van der Waals surface area contributed by atoms with Crippen LogP contribution in [0.1, 0.15) is 13.8 Å². The third kappa shape index (κ3) is 7.05. The summed E-state index contributed by atoms with van der Waals surface area (Å²) in [5, 5.41) is 21.9. The molecule has 2 N–H and O–H groups in total. The molecule has 1 atom stereocenters. The molecule has 0 fully saturated rings. The van der Waals surface area contributed by atoms with Gasteiger partial charge in [-0.2, -0.15) is 28.8 Å². The molecule has 17 heteroatoms. The molecule has 0 radical (unpaired) electrons. The summed E-state index contributed by atoms with van der Waals surface area (Å²) in [7, 11) is -5.76. The average molecular weight is 612 g/mol. The third-order valence-corrected chi connectivity index (χ3v) is 8.74. The Morgan fingerprint density at radius 3 is 2.17 bits per heavy atom. The molecule has 222 valence electrons. The molecule has 2 aromatic rings. The van der Waals surface area contributed by atoms with Crippen LogP contribution in [0.3, 0.4) is 0 Å². The fourth-order valence-corrected chi connectivity index (χ4v) is 5.78. The molecular weight excluding hydrogens is 582 g/mol. The molecule has 1 heterocycles. The van der Waals surface area contributed by atoms with Gasteiger partial charge in [-0.25, -0.2) is 13.2 Å². The molecule has 0 spiro atoms. The number of carbonyl (C=O) groups excluding carboxylic acids is 1. The Labute approximate surface area is 236 Å². The van der Waals surface area contributed by atoms with Crippen LogP contribution in [0.2, 0.25) is 0 Å². The quantitative estimate of drug-likeness (QED) is 0.247. The van der Waals surface area contributed by atoms with Gasteiger partial charge in [-0.05, 0) is 37.4 Å². The van der Waals surface area contributed by atoms with Crippen molar-refractivity contribution in [2.24, 2.45) is 15.3 Å². The highest BCUT2D eigenvalue weighted by molar-refractivity contribution is 7.91. The maximum atomic E-state index is 13.1. The molecular formula is C24H29N5O10S2. The largest absolute Gasteiger partial charge is 0.495 e. The maximum absolute atomic E-state index is 13.1. The van der Waals surface area contributed by atoms with E-state index in [1.54, 1.807) is 0 Å². The topological polar surface area (TPSA) is 205 Å². The van der Waals surface area contributed by atoms with E-state index in [9.17, 15) is 31.5 Å². The molecule has 15 nitrogen and oxygen atoms in total. The van der Waals surface area contributed by atoms with E-state index in [1.807, 2.05) is 18.7 Å². The molecule has 3 rings (SSSR count). The summed E-state index contributed by atoms with van der Waals surface area (Å²) in [6, 6.07) is 5.09. The van der Waals surface area contributed by atoms with E-state index < -0.39 is 48.5 Å². The van der Waals surface area contributed by atoms with Crippen LogP contribution >= 0.6 is 0 Å². The summed E-state index contributed by atoms with van der Waals surface area (Å²) < 4.78 is 68.5. The summed E-state index contributed by atoms with van der Waals surface area (Å²) in [5.41, 5.74) is -0.697. The average Bonchev–Trinajstić information content (AvgIpc) is 3.27. The Hall–Kier alpha value is -3.93. The monoisotopic (exact) mass is 611 g/mol. The molecule has 41 heavy (non-hydrogen) atoms. The van der Waals surface area contributed by atoms with E-state index in [0.717, 1.165) is 24.3 Å². The van der Waals surface area contributed by atoms with Crippen LogP contribution in [0, 0.1) is 0 Å². The van der Waals surface area contributed by atoms with Gasteiger partial charge in [0.25, 0.3) is 16.0 Å². The van der Waals surface area contributed by atoms with E-state index in [2.05, 4.69) is 15.3 Å². The van der Waals surface area contributed by atoms with Crippen molar-refractivity contribution in [3.63, 3.8) is 0 Å². The van der Waals surface area contributed by atoms with Gasteiger partial charge in [-0.1, -0.05) is 13.8 Å². The number of aliphatic carboxylic acids is 1. The highest BCUT2D eigenvalue weighted by atomic mass is 32.2. The summed E-state index contributed by atoms with van der Waals surface area (Å²) >= 11 is 0. The van der Waals surface area contributed by atoms with E-state index >= 15 is 0 Å². The van der Waals surface area contributed by atoms with Crippen molar-refractivity contribution in [1.82, 2.24) is 4.90 Å². The highest BCUT2D eigenvalue weighted by Crippen LogP contribution is 2.38. The number of hydrogen-bond donors (Lipinski definition) is 2. The van der Waals surface area contributed by atoms with Gasteiger partial charge >= 0.3 is 5.97 Å². The number of nitrogens with zero attached hydrogens (tertiary/aromatic N) is 5. The van der Waals surface area contributed by atoms with Crippen molar-refractivity contribution < 1.29 is 45.6 Å². The normalized spacial score (nSPS) is 16.0. The van der Waals surface area contributed by atoms with Crippen LogP contribution in [0.4, 0.5) is 11.4 Å². The maximum Gasteiger partial charge on any atom is 0.355 e. The minimum absolute atomic E-state index is 0.0115. The lowest BCUT2D eigenvalue weighted by Crippen LogP contribution is -2.33. The summed E-state index contributed by atoms with van der Waals surface area (Å²) in [5.74, 6) is -2.71. The van der Waals surface area contributed by atoms with Gasteiger partial charge in [0.1, 0.15) is 22.1 Å². The molecule has 0 bridgehead atoms. The first kappa shape index (κ1) is 31.6. The second-order valence-corrected chi connectivity index (χ2v) is 12.0. The van der Waals surface area contributed by atoms with E-state index in [1.165, 1.54) is 26.4 Å². The number of carboxylic acids is 1. The number of carboxylic acid groups (broad SMARTS) is 1. The number of sulfone groups is 1. The van der Waals surface area contributed by atoms with Gasteiger partial charge in [0.2, 0.25) is 6.04 Å². The summed E-state index contributed by atoms with van der Waals surface area (Å²) in [6.07, 6.45) is 0. The van der Waals surface area contributed by atoms with Crippen LogP contribution in [-0.2, 0) is 29.5 Å². The van der Waals surface area contributed by atoms with Crippen molar-refractivity contribution in [2.45, 2.75) is 29.7 Å². The molecule has 1 aliphatic rings. The molecule has 0 aliphatic carbocycles. The van der Waals surface area contributed by atoms with Crippen molar-refractivity contribution in [3.8, 4) is 11.5 Å². The molecule has 1 aliphatic heterocycles. The van der Waals surface area contributed by atoms with Crippen LogP contribution < -0.4 is 14.5 Å². The van der Waals surface area contributed by atoms with Crippen molar-refractivity contribution in [1.29, 1.82) is 0 Å². The first-order valence-corrected chi connectivity index (χ1v) is 15.2. The second kappa shape index (κ2) is 12.7. The van der Waals surface area contributed by atoms with Crippen LogP contribution in [0.25, 0.3) is 0 Å². The number of ether oxygens (including phenoxy) is 2. The lowest BCUT2D eigenvalue weighted by atomic mass is 10.2. The van der Waals surface area contributed by atoms with Crippen LogP contribution in [-0.4, -0.2) is 94.6 Å². The van der Waals surface area contributed by atoms with Crippen LogP contribution in [0.15, 0.2) is 61.5 Å². The number of benzene rings is 2. The number of azo groups is 1. The zero-order valence-corrected chi connectivity index (χ0v) is 24.2. The second-order valence-electron chi connectivity index (χ2n) is 8.55. The lowest BCUT2D eigenvalue weighted by molar-refractivity contribution is -0.130. The summed E-state index contributed by atoms with van der Waals surface area (Å²) in [4.78, 5) is 26.3. The summed E-state index contributed by atoms with van der Waals surface area (Å²) in [6.45, 7) is 5.52. The first-order chi connectivity index (χ1) is 19.3. The number of hydrogen-bond acceptors (Lipinski definition) is 12. The number of carbonyl (C=O) groups is 2. The minimum Gasteiger partial charge on any atom is -0.495 e. The van der Waals surface area contributed by atoms with Gasteiger partial charge in [-0.3, -0.25) is 9.35 Å². The predicted molar refractivity (Wildman–Crippen MR) is 147 cm³/mol. The van der Waals surface area contributed by atoms with Gasteiger partial charge in [0.05, 0.1) is 30.6 Å². The van der Waals surface area contributed by atoms with Gasteiger partial charge in [-0.15, -0.1) is 0 Å². The zero-order valence-electron chi connectivity index (χ0n) is 22.6. The standard InChI is InChI=1S/C24H29N5O10S2/c1-5-28(6-2)11-12-40(33,34)20-14-18(38-3)17(13-19(20)39-4)25-26-21-22(24(31)32)27-29(23(21)30)15-7-9-16(10-8-15)41(35,36)37/h7-10,13-14,21H,5-6,11-12H2,1-4H3,(H,31,32)(H,35,36,37). The van der Waals surface area contributed by atoms with Crippen molar-refractivity contribution >= 4 is 48.9 Å². The first-order valence-electron chi connectivity index (χ1n) is 12.1. The number of methoxy groups -OCH3 is 2. The molecule has 0 aromatic heterocycles. The van der Waals surface area contributed by atoms with Gasteiger partial charge in [0.15, 0.2) is 15.5 Å². The Kier molecular flexibility index (Phi) is 9.80.